The summed E-state index contributed by atoms with van der Waals surface area (Å²) in [6.07, 6.45) is -0.252. The molecule has 0 aromatic heterocycles. The molecule has 118 valence electrons. The molecule has 0 aliphatic carbocycles. The van der Waals surface area contributed by atoms with Crippen molar-refractivity contribution in [2.45, 2.75) is 6.23 Å². The Balaban J connectivity index is 1.51. The number of oxime groups is 1. The van der Waals surface area contributed by atoms with Gasteiger partial charge in [-0.25, -0.2) is 0 Å². The fourth-order valence-corrected chi connectivity index (χ4v) is 2.66. The van der Waals surface area contributed by atoms with Crippen LogP contribution in [0.4, 0.5) is 0 Å². The summed E-state index contributed by atoms with van der Waals surface area (Å²) < 4.78 is 0. The van der Waals surface area contributed by atoms with Gasteiger partial charge in [0.2, 0.25) is 6.23 Å². The van der Waals surface area contributed by atoms with Crippen molar-refractivity contribution in [3.63, 3.8) is 0 Å². The van der Waals surface area contributed by atoms with E-state index in [0.29, 0.717) is 0 Å². The molecule has 4 rings (SSSR count). The van der Waals surface area contributed by atoms with Crippen LogP contribution in [0.2, 0.25) is 0 Å². The molecule has 0 bridgehead atoms. The number of phenolic OH excluding ortho intramolecular Hbond substituents is 1. The Hall–Kier alpha value is -3.27. The number of nitrogens with zero attached hydrogens (tertiary/aromatic N) is 1. The number of hydrogen-bond acceptors (Lipinski definition) is 4. The van der Waals surface area contributed by atoms with Crippen LogP contribution in [0.5, 0.6) is 5.75 Å². The Kier molecular flexibility index (Phi) is 3.63. The average Bonchev–Trinajstić information content (AvgIpc) is 3.13. The highest BCUT2D eigenvalue weighted by molar-refractivity contribution is 5.99. The van der Waals surface area contributed by atoms with Gasteiger partial charge in [-0.15, -0.1) is 0 Å². The molecule has 1 aliphatic heterocycles. The Labute approximate surface area is 140 Å². The number of hydrogen-bond donors (Lipinski definition) is 2. The number of aromatic hydroxyl groups is 1. The third-order valence-electron chi connectivity index (χ3n) is 3.98. The molecule has 2 N–H and O–H groups in total. The summed E-state index contributed by atoms with van der Waals surface area (Å²) >= 11 is 0. The second-order valence-electron chi connectivity index (χ2n) is 5.60. The maximum atomic E-state index is 9.37. The maximum Gasteiger partial charge on any atom is 0.224 e. The van der Waals surface area contributed by atoms with Gasteiger partial charge in [-0.1, -0.05) is 71.9 Å². The minimum Gasteiger partial charge on any atom is -0.508 e. The first-order valence-corrected chi connectivity index (χ1v) is 7.75. The van der Waals surface area contributed by atoms with Crippen molar-refractivity contribution < 1.29 is 9.94 Å². The van der Waals surface area contributed by atoms with Gasteiger partial charge in [-0.2, -0.15) is 0 Å². The van der Waals surface area contributed by atoms with Crippen LogP contribution >= 0.6 is 0 Å². The van der Waals surface area contributed by atoms with Crippen molar-refractivity contribution in [2.75, 3.05) is 0 Å². The molecule has 1 unspecified atom stereocenters. The second-order valence-corrected chi connectivity index (χ2v) is 5.60. The minimum atomic E-state index is -0.252. The summed E-state index contributed by atoms with van der Waals surface area (Å²) in [6.45, 7) is 0. The molecule has 1 atom stereocenters. The smallest absolute Gasteiger partial charge is 0.224 e. The highest BCUT2D eigenvalue weighted by Crippen LogP contribution is 2.24. The molecule has 1 heterocycles. The summed E-state index contributed by atoms with van der Waals surface area (Å²) in [5.74, 6) is 0.991. The summed E-state index contributed by atoms with van der Waals surface area (Å²) in [4.78, 5) is 5.48. The van der Waals surface area contributed by atoms with Gasteiger partial charge in [-0.05, 0) is 23.3 Å². The number of amidine groups is 1. The second kappa shape index (κ2) is 6.08. The van der Waals surface area contributed by atoms with E-state index in [1.807, 2.05) is 66.7 Å². The fraction of sp³-hybridized carbons (Fsp3) is 0.0500. The molecule has 0 saturated carbocycles. The molecule has 4 nitrogen and oxygen atoms in total. The lowest BCUT2D eigenvalue weighted by molar-refractivity contribution is 0.0729. The largest absolute Gasteiger partial charge is 0.508 e. The van der Waals surface area contributed by atoms with E-state index in [1.54, 1.807) is 12.1 Å². The Bertz CT molecular complexity index is 856. The maximum absolute atomic E-state index is 9.37. The minimum absolute atomic E-state index is 0.252. The van der Waals surface area contributed by atoms with Gasteiger partial charge < -0.3 is 15.3 Å². The molecular weight excluding hydrogens is 300 g/mol. The zero-order chi connectivity index (χ0) is 16.4. The van der Waals surface area contributed by atoms with Gasteiger partial charge in [0.15, 0.2) is 5.84 Å². The molecular formula is C20H16N2O2. The summed E-state index contributed by atoms with van der Waals surface area (Å²) in [6, 6.07) is 25.2. The molecule has 0 radical (unpaired) electrons. The van der Waals surface area contributed by atoms with E-state index in [9.17, 15) is 5.11 Å². The van der Waals surface area contributed by atoms with Crippen LogP contribution in [-0.4, -0.2) is 10.9 Å². The van der Waals surface area contributed by atoms with Crippen LogP contribution < -0.4 is 5.32 Å². The van der Waals surface area contributed by atoms with Crippen LogP contribution in [-0.2, 0) is 4.84 Å². The quantitative estimate of drug-likeness (QED) is 0.767. The molecule has 4 heteroatoms. The molecule has 3 aromatic carbocycles. The van der Waals surface area contributed by atoms with Gasteiger partial charge in [0.25, 0.3) is 0 Å². The third-order valence-corrected chi connectivity index (χ3v) is 3.98. The van der Waals surface area contributed by atoms with E-state index in [2.05, 4.69) is 10.5 Å². The van der Waals surface area contributed by atoms with E-state index in [-0.39, 0.29) is 12.0 Å². The normalized spacial score (nSPS) is 16.2. The first-order valence-electron chi connectivity index (χ1n) is 7.75. The SMILES string of the molecule is Oc1ccc(-c2ccc(C3=NOC(c4ccccc4)N3)cc2)cc1. The molecule has 0 fully saturated rings. The number of nitrogens with one attached hydrogen (secondary N) is 1. The van der Waals surface area contributed by atoms with Crippen molar-refractivity contribution in [3.05, 3.63) is 90.0 Å². The Morgan fingerprint density at radius 3 is 2.00 bits per heavy atom. The van der Waals surface area contributed by atoms with Crippen LogP contribution in [0.3, 0.4) is 0 Å². The number of rotatable bonds is 3. The van der Waals surface area contributed by atoms with Crippen LogP contribution in [0.25, 0.3) is 11.1 Å². The van der Waals surface area contributed by atoms with E-state index < -0.39 is 0 Å². The highest BCUT2D eigenvalue weighted by Gasteiger charge is 2.21. The van der Waals surface area contributed by atoms with Gasteiger partial charge in [0.1, 0.15) is 5.75 Å². The number of phenols is 1. The van der Waals surface area contributed by atoms with Crippen molar-refractivity contribution in [3.8, 4) is 16.9 Å². The fourth-order valence-electron chi connectivity index (χ4n) is 2.66. The standard InChI is InChI=1S/C20H16N2O2/c23-18-12-10-15(11-13-18)14-6-8-16(9-7-14)19-21-20(24-22-19)17-4-2-1-3-5-17/h1-13,20,23H,(H,21,22). The predicted octanol–water partition coefficient (Wildman–Crippen LogP) is 4.04. The lowest BCUT2D eigenvalue weighted by Crippen LogP contribution is -2.23. The highest BCUT2D eigenvalue weighted by atomic mass is 16.7. The Morgan fingerprint density at radius 2 is 1.33 bits per heavy atom. The summed E-state index contributed by atoms with van der Waals surface area (Å²) in [5.41, 5.74) is 4.14. The third kappa shape index (κ3) is 2.82. The van der Waals surface area contributed by atoms with Crippen molar-refractivity contribution in [2.24, 2.45) is 5.16 Å². The average molecular weight is 316 g/mol. The zero-order valence-electron chi connectivity index (χ0n) is 12.9. The first-order chi connectivity index (χ1) is 11.8. The van der Waals surface area contributed by atoms with Crippen LogP contribution in [0, 0.1) is 0 Å². The van der Waals surface area contributed by atoms with Gasteiger partial charge in [0, 0.05) is 11.1 Å². The van der Waals surface area contributed by atoms with Crippen LogP contribution in [0.1, 0.15) is 17.4 Å². The topological polar surface area (TPSA) is 53.9 Å². The lowest BCUT2D eigenvalue weighted by atomic mass is 10.0. The first kappa shape index (κ1) is 14.3. The molecule has 0 saturated heterocycles. The molecule has 0 amide bonds. The lowest BCUT2D eigenvalue weighted by Gasteiger charge is -2.10. The van der Waals surface area contributed by atoms with Crippen molar-refractivity contribution in [1.29, 1.82) is 0 Å². The van der Waals surface area contributed by atoms with Crippen molar-refractivity contribution in [1.82, 2.24) is 5.32 Å². The van der Waals surface area contributed by atoms with Crippen LogP contribution in [0.15, 0.2) is 84.0 Å². The summed E-state index contributed by atoms with van der Waals surface area (Å²) in [7, 11) is 0. The monoisotopic (exact) mass is 316 g/mol. The summed E-state index contributed by atoms with van der Waals surface area (Å²) in [5, 5.41) is 16.8. The molecule has 0 spiro atoms. The van der Waals surface area contributed by atoms with Gasteiger partial charge in [-0.3, -0.25) is 0 Å². The molecule has 3 aromatic rings. The van der Waals surface area contributed by atoms with Crippen molar-refractivity contribution >= 4 is 5.84 Å². The van der Waals surface area contributed by atoms with E-state index in [1.165, 1.54) is 0 Å². The van der Waals surface area contributed by atoms with Gasteiger partial charge in [0.05, 0.1) is 0 Å². The van der Waals surface area contributed by atoms with E-state index in [0.717, 1.165) is 28.1 Å². The molecule has 1 aliphatic rings. The van der Waals surface area contributed by atoms with E-state index >= 15 is 0 Å². The Morgan fingerprint density at radius 1 is 0.750 bits per heavy atom. The number of benzene rings is 3. The molecule has 24 heavy (non-hydrogen) atoms. The predicted molar refractivity (Wildman–Crippen MR) is 93.5 cm³/mol. The van der Waals surface area contributed by atoms with Gasteiger partial charge >= 0.3 is 0 Å². The zero-order valence-corrected chi connectivity index (χ0v) is 12.9. The van der Waals surface area contributed by atoms with E-state index in [4.69, 9.17) is 4.84 Å².